The van der Waals surface area contributed by atoms with Crippen molar-refractivity contribution in [2.45, 2.75) is 13.0 Å². The summed E-state index contributed by atoms with van der Waals surface area (Å²) < 4.78 is 0. The second kappa shape index (κ2) is 6.24. The van der Waals surface area contributed by atoms with Crippen LogP contribution in [0.25, 0.3) is 11.3 Å². The number of aromatic nitrogens is 2. The maximum absolute atomic E-state index is 13.0. The van der Waals surface area contributed by atoms with E-state index in [1.54, 1.807) is 6.20 Å². The number of hydrogen-bond acceptors (Lipinski definition) is 3. The highest BCUT2D eigenvalue weighted by atomic mass is 16.2. The summed E-state index contributed by atoms with van der Waals surface area (Å²) in [6, 6.07) is 18.1. The highest BCUT2D eigenvalue weighted by Crippen LogP contribution is 2.24. The van der Waals surface area contributed by atoms with E-state index in [9.17, 15) is 4.79 Å². The minimum atomic E-state index is -0.0102. The first-order valence-corrected chi connectivity index (χ1v) is 8.04. The van der Waals surface area contributed by atoms with Crippen LogP contribution in [0, 0.1) is 0 Å². The molecule has 0 bridgehead atoms. The fourth-order valence-electron chi connectivity index (χ4n) is 3.15. The van der Waals surface area contributed by atoms with Gasteiger partial charge in [-0.15, -0.1) is 0 Å². The van der Waals surface area contributed by atoms with Gasteiger partial charge in [-0.1, -0.05) is 54.6 Å². The molecule has 1 aliphatic heterocycles. The Hall–Kier alpha value is -3.01. The van der Waals surface area contributed by atoms with Gasteiger partial charge in [0.2, 0.25) is 0 Å². The van der Waals surface area contributed by atoms with Crippen LogP contribution in [0.2, 0.25) is 0 Å². The molecule has 0 fully saturated rings. The predicted octanol–water partition coefficient (Wildman–Crippen LogP) is 3.34. The zero-order chi connectivity index (χ0) is 16.4. The second-order valence-corrected chi connectivity index (χ2v) is 5.90. The molecule has 1 amide bonds. The highest BCUT2D eigenvalue weighted by Gasteiger charge is 2.24. The Labute approximate surface area is 140 Å². The lowest BCUT2D eigenvalue weighted by atomic mass is 9.99. The van der Waals surface area contributed by atoms with E-state index in [1.165, 1.54) is 17.5 Å². The van der Waals surface area contributed by atoms with Crippen molar-refractivity contribution < 1.29 is 4.79 Å². The third kappa shape index (κ3) is 2.67. The normalized spacial score (nSPS) is 13.4. The zero-order valence-corrected chi connectivity index (χ0v) is 13.2. The van der Waals surface area contributed by atoms with Crippen molar-refractivity contribution >= 4 is 5.91 Å². The van der Waals surface area contributed by atoms with Crippen LogP contribution in [0.4, 0.5) is 0 Å². The minimum Gasteiger partial charge on any atom is -0.334 e. The molecule has 4 nitrogen and oxygen atoms in total. The molecule has 0 unspecified atom stereocenters. The Morgan fingerprint density at radius 1 is 0.958 bits per heavy atom. The first-order chi connectivity index (χ1) is 11.8. The smallest absolute Gasteiger partial charge is 0.257 e. The van der Waals surface area contributed by atoms with Crippen LogP contribution in [-0.4, -0.2) is 27.3 Å². The number of amides is 1. The number of nitrogens with zero attached hydrogens (tertiary/aromatic N) is 3. The molecule has 4 rings (SSSR count). The van der Waals surface area contributed by atoms with Crippen molar-refractivity contribution in [3.63, 3.8) is 0 Å². The largest absolute Gasteiger partial charge is 0.334 e. The predicted molar refractivity (Wildman–Crippen MR) is 92.4 cm³/mol. The summed E-state index contributed by atoms with van der Waals surface area (Å²) in [4.78, 5) is 23.4. The quantitative estimate of drug-likeness (QED) is 0.728. The van der Waals surface area contributed by atoms with Gasteiger partial charge in [0, 0.05) is 24.8 Å². The number of hydrogen-bond donors (Lipinski definition) is 0. The van der Waals surface area contributed by atoms with Gasteiger partial charge in [-0.05, 0) is 17.5 Å². The Balaban J connectivity index is 1.67. The molecule has 2 heterocycles. The molecule has 118 valence electrons. The summed E-state index contributed by atoms with van der Waals surface area (Å²) in [5.74, 6) is -0.0102. The Morgan fingerprint density at radius 2 is 1.71 bits per heavy atom. The molecule has 0 atom stereocenters. The maximum atomic E-state index is 13.0. The van der Waals surface area contributed by atoms with Crippen LogP contribution in [0.3, 0.4) is 0 Å². The fourth-order valence-corrected chi connectivity index (χ4v) is 3.15. The summed E-state index contributed by atoms with van der Waals surface area (Å²) in [6.07, 6.45) is 4.00. The summed E-state index contributed by atoms with van der Waals surface area (Å²) >= 11 is 0. The maximum Gasteiger partial charge on any atom is 0.257 e. The van der Waals surface area contributed by atoms with E-state index in [0.717, 1.165) is 18.5 Å². The van der Waals surface area contributed by atoms with Crippen LogP contribution < -0.4 is 0 Å². The van der Waals surface area contributed by atoms with Gasteiger partial charge in [0.25, 0.3) is 5.91 Å². The monoisotopic (exact) mass is 315 g/mol. The Bertz CT molecular complexity index is 877. The Morgan fingerprint density at radius 3 is 2.54 bits per heavy atom. The lowest BCUT2D eigenvalue weighted by Gasteiger charge is -2.29. The van der Waals surface area contributed by atoms with Crippen LogP contribution >= 0.6 is 0 Å². The van der Waals surface area contributed by atoms with Crippen molar-refractivity contribution in [3.8, 4) is 11.3 Å². The number of carbonyl (C=O) groups excluding carboxylic acids is 1. The topological polar surface area (TPSA) is 46.1 Å². The molecular weight excluding hydrogens is 298 g/mol. The van der Waals surface area contributed by atoms with Crippen LogP contribution in [-0.2, 0) is 13.0 Å². The fraction of sp³-hybridized carbons (Fsp3) is 0.150. The van der Waals surface area contributed by atoms with Crippen molar-refractivity contribution in [3.05, 3.63) is 83.8 Å². The van der Waals surface area contributed by atoms with E-state index < -0.39 is 0 Å². The molecule has 0 radical (unpaired) electrons. The van der Waals surface area contributed by atoms with Gasteiger partial charge in [0.05, 0.1) is 11.3 Å². The van der Waals surface area contributed by atoms with Crippen molar-refractivity contribution in [1.82, 2.24) is 14.9 Å². The highest BCUT2D eigenvalue weighted by molar-refractivity contribution is 5.99. The van der Waals surface area contributed by atoms with Crippen molar-refractivity contribution in [1.29, 1.82) is 0 Å². The standard InChI is InChI=1S/C20H17N3O/c24-20(23-11-10-15-6-4-5-9-17(15)13-23)18-12-21-14-22-19(18)16-7-2-1-3-8-16/h1-9,12,14H,10-11,13H2. The van der Waals surface area contributed by atoms with Crippen LogP contribution in [0.15, 0.2) is 67.1 Å². The first kappa shape index (κ1) is 14.6. The number of rotatable bonds is 2. The molecule has 0 saturated heterocycles. The molecule has 0 saturated carbocycles. The van der Waals surface area contributed by atoms with Gasteiger partial charge in [0.1, 0.15) is 6.33 Å². The molecule has 1 aliphatic rings. The molecule has 0 aliphatic carbocycles. The molecule has 1 aromatic heterocycles. The van der Waals surface area contributed by atoms with Crippen LogP contribution in [0.1, 0.15) is 21.5 Å². The SMILES string of the molecule is O=C(c1cncnc1-c1ccccc1)N1CCc2ccccc2C1. The van der Waals surface area contributed by atoms with E-state index in [2.05, 4.69) is 28.2 Å². The number of carbonyl (C=O) groups is 1. The minimum absolute atomic E-state index is 0.0102. The summed E-state index contributed by atoms with van der Waals surface area (Å²) in [5.41, 5.74) is 4.72. The summed E-state index contributed by atoms with van der Waals surface area (Å²) in [6.45, 7) is 1.36. The average molecular weight is 315 g/mol. The Kier molecular flexibility index (Phi) is 3.79. The van der Waals surface area contributed by atoms with Gasteiger partial charge >= 0.3 is 0 Å². The number of fused-ring (bicyclic) bond motifs is 1. The third-order valence-corrected chi connectivity index (χ3v) is 4.41. The lowest BCUT2D eigenvalue weighted by Crippen LogP contribution is -2.36. The third-order valence-electron chi connectivity index (χ3n) is 4.41. The van der Waals surface area contributed by atoms with Gasteiger partial charge < -0.3 is 4.90 Å². The molecule has 24 heavy (non-hydrogen) atoms. The lowest BCUT2D eigenvalue weighted by molar-refractivity contribution is 0.0734. The molecule has 3 aromatic rings. The number of benzene rings is 2. The summed E-state index contributed by atoms with van der Waals surface area (Å²) in [7, 11) is 0. The van der Waals surface area contributed by atoms with Crippen molar-refractivity contribution in [2.24, 2.45) is 0 Å². The van der Waals surface area contributed by atoms with Gasteiger partial charge in [0.15, 0.2) is 0 Å². The van der Waals surface area contributed by atoms with E-state index in [4.69, 9.17) is 0 Å². The molecule has 4 heteroatoms. The van der Waals surface area contributed by atoms with E-state index in [1.807, 2.05) is 41.3 Å². The van der Waals surface area contributed by atoms with Gasteiger partial charge in [-0.25, -0.2) is 9.97 Å². The molecular formula is C20H17N3O. The van der Waals surface area contributed by atoms with E-state index in [0.29, 0.717) is 17.8 Å². The zero-order valence-electron chi connectivity index (χ0n) is 13.2. The van der Waals surface area contributed by atoms with E-state index >= 15 is 0 Å². The van der Waals surface area contributed by atoms with Crippen LogP contribution in [0.5, 0.6) is 0 Å². The second-order valence-electron chi connectivity index (χ2n) is 5.90. The van der Waals surface area contributed by atoms with E-state index in [-0.39, 0.29) is 5.91 Å². The molecule has 0 N–H and O–H groups in total. The van der Waals surface area contributed by atoms with Gasteiger partial charge in [-0.2, -0.15) is 0 Å². The van der Waals surface area contributed by atoms with Crippen molar-refractivity contribution in [2.75, 3.05) is 6.54 Å². The molecule has 2 aromatic carbocycles. The first-order valence-electron chi connectivity index (χ1n) is 8.04. The average Bonchev–Trinajstić information content (AvgIpc) is 2.68. The summed E-state index contributed by atoms with van der Waals surface area (Å²) in [5, 5.41) is 0. The van der Waals surface area contributed by atoms with Gasteiger partial charge in [-0.3, -0.25) is 4.79 Å². The molecule has 0 spiro atoms.